The summed E-state index contributed by atoms with van der Waals surface area (Å²) in [6.07, 6.45) is 5.38. The highest BCUT2D eigenvalue weighted by molar-refractivity contribution is 5.94. The lowest BCUT2D eigenvalue weighted by molar-refractivity contribution is -0.117. The van der Waals surface area contributed by atoms with E-state index in [1.165, 1.54) is 6.33 Å². The second-order valence-corrected chi connectivity index (χ2v) is 7.16. The van der Waals surface area contributed by atoms with Crippen molar-refractivity contribution in [2.24, 2.45) is 0 Å². The molecule has 1 aromatic heterocycles. The van der Waals surface area contributed by atoms with Crippen molar-refractivity contribution in [2.75, 3.05) is 17.2 Å². The minimum atomic E-state index is -0.0456. The standard InChI is InChI=1S/C22H23N5O3/c28-21(25-18-6-3-16(4-7-18)13-27-15-23-14-24-27)2-1-11-30-19-8-9-20-17(12-19)5-10-22(29)26-20/h3-4,6-9,12,14-15H,1-2,5,10-11,13H2,(H,25,28)(H,26,29). The molecule has 0 spiro atoms. The number of rotatable bonds is 8. The number of hydrogen-bond donors (Lipinski definition) is 2. The van der Waals surface area contributed by atoms with Crippen molar-refractivity contribution >= 4 is 23.2 Å². The van der Waals surface area contributed by atoms with Gasteiger partial charge in [-0.2, -0.15) is 5.10 Å². The number of nitrogens with one attached hydrogen (secondary N) is 2. The van der Waals surface area contributed by atoms with Gasteiger partial charge in [-0.1, -0.05) is 12.1 Å². The molecule has 0 radical (unpaired) electrons. The molecule has 0 saturated heterocycles. The molecular formula is C22H23N5O3. The zero-order valence-corrected chi connectivity index (χ0v) is 16.5. The molecule has 0 fully saturated rings. The summed E-state index contributed by atoms with van der Waals surface area (Å²) in [7, 11) is 0. The molecule has 1 aliphatic rings. The number of aromatic nitrogens is 3. The Morgan fingerprint density at radius 1 is 1.17 bits per heavy atom. The van der Waals surface area contributed by atoms with Crippen molar-refractivity contribution in [3.05, 3.63) is 66.2 Å². The highest BCUT2D eigenvalue weighted by atomic mass is 16.5. The number of ether oxygens (including phenoxy) is 1. The Balaban J connectivity index is 1.18. The molecule has 2 aromatic carbocycles. The Morgan fingerprint density at radius 3 is 2.83 bits per heavy atom. The van der Waals surface area contributed by atoms with E-state index in [2.05, 4.69) is 20.7 Å². The van der Waals surface area contributed by atoms with E-state index in [0.717, 1.165) is 34.7 Å². The Labute approximate surface area is 174 Å². The van der Waals surface area contributed by atoms with Gasteiger partial charge in [0.05, 0.1) is 13.2 Å². The molecule has 30 heavy (non-hydrogen) atoms. The largest absolute Gasteiger partial charge is 0.494 e. The lowest BCUT2D eigenvalue weighted by Crippen LogP contribution is -2.18. The average molecular weight is 405 g/mol. The van der Waals surface area contributed by atoms with E-state index >= 15 is 0 Å². The third kappa shape index (κ3) is 5.22. The SMILES string of the molecule is O=C(CCCOc1ccc2c(c1)CCC(=O)N2)Nc1ccc(Cn2cncn2)cc1. The summed E-state index contributed by atoms with van der Waals surface area (Å²) in [4.78, 5) is 27.5. The van der Waals surface area contributed by atoms with Crippen LogP contribution in [0.4, 0.5) is 11.4 Å². The first-order valence-electron chi connectivity index (χ1n) is 9.92. The zero-order chi connectivity index (χ0) is 20.8. The number of fused-ring (bicyclic) bond motifs is 1. The fourth-order valence-corrected chi connectivity index (χ4v) is 3.29. The molecule has 8 nitrogen and oxygen atoms in total. The van der Waals surface area contributed by atoms with Gasteiger partial charge in [-0.15, -0.1) is 0 Å². The van der Waals surface area contributed by atoms with E-state index in [0.29, 0.717) is 32.4 Å². The van der Waals surface area contributed by atoms with Crippen molar-refractivity contribution in [1.29, 1.82) is 0 Å². The van der Waals surface area contributed by atoms with Gasteiger partial charge in [0.2, 0.25) is 11.8 Å². The van der Waals surface area contributed by atoms with Gasteiger partial charge < -0.3 is 15.4 Å². The number of nitrogens with zero attached hydrogens (tertiary/aromatic N) is 3. The van der Waals surface area contributed by atoms with E-state index in [1.54, 1.807) is 11.0 Å². The lowest BCUT2D eigenvalue weighted by atomic mass is 10.0. The van der Waals surface area contributed by atoms with E-state index < -0.39 is 0 Å². The molecule has 8 heteroatoms. The van der Waals surface area contributed by atoms with E-state index in [1.807, 2.05) is 42.5 Å². The van der Waals surface area contributed by atoms with Crippen molar-refractivity contribution in [3.63, 3.8) is 0 Å². The Bertz CT molecular complexity index is 1020. The predicted octanol–water partition coefficient (Wildman–Crippen LogP) is 3.01. The zero-order valence-electron chi connectivity index (χ0n) is 16.5. The number of amides is 2. The molecule has 0 aliphatic carbocycles. The van der Waals surface area contributed by atoms with E-state index in [-0.39, 0.29) is 11.8 Å². The molecule has 3 aromatic rings. The maximum absolute atomic E-state index is 12.2. The first kappa shape index (κ1) is 19.6. The van der Waals surface area contributed by atoms with Crippen LogP contribution in [0.5, 0.6) is 5.75 Å². The molecule has 0 saturated carbocycles. The van der Waals surface area contributed by atoms with Crippen LogP contribution in [-0.2, 0) is 22.6 Å². The van der Waals surface area contributed by atoms with Crippen LogP contribution in [-0.4, -0.2) is 33.2 Å². The number of benzene rings is 2. The lowest BCUT2D eigenvalue weighted by Gasteiger charge is -2.17. The molecule has 154 valence electrons. The molecule has 2 N–H and O–H groups in total. The minimum Gasteiger partial charge on any atom is -0.494 e. The first-order valence-corrected chi connectivity index (χ1v) is 9.92. The van der Waals surface area contributed by atoms with Crippen LogP contribution in [0.2, 0.25) is 0 Å². The van der Waals surface area contributed by atoms with E-state index in [4.69, 9.17) is 4.74 Å². The van der Waals surface area contributed by atoms with Crippen molar-refractivity contribution in [2.45, 2.75) is 32.2 Å². The highest BCUT2D eigenvalue weighted by Crippen LogP contribution is 2.26. The molecular weight excluding hydrogens is 382 g/mol. The normalized spacial score (nSPS) is 12.7. The quantitative estimate of drug-likeness (QED) is 0.562. The van der Waals surface area contributed by atoms with Crippen molar-refractivity contribution in [3.8, 4) is 5.75 Å². The summed E-state index contributed by atoms with van der Waals surface area (Å²) in [5, 5.41) is 9.83. The molecule has 2 amide bonds. The van der Waals surface area contributed by atoms with Gasteiger partial charge in [0, 0.05) is 24.2 Å². The fraction of sp³-hybridized carbons (Fsp3) is 0.273. The summed E-state index contributed by atoms with van der Waals surface area (Å²) in [5.74, 6) is 0.760. The van der Waals surface area contributed by atoms with Crippen LogP contribution < -0.4 is 15.4 Å². The van der Waals surface area contributed by atoms with Gasteiger partial charge in [0.1, 0.15) is 18.4 Å². The van der Waals surface area contributed by atoms with Crippen molar-refractivity contribution < 1.29 is 14.3 Å². The van der Waals surface area contributed by atoms with Gasteiger partial charge in [-0.25, -0.2) is 9.67 Å². The van der Waals surface area contributed by atoms with Gasteiger partial charge in [0.25, 0.3) is 0 Å². The summed E-state index contributed by atoms with van der Waals surface area (Å²) in [6, 6.07) is 13.3. The predicted molar refractivity (Wildman–Crippen MR) is 112 cm³/mol. The number of aryl methyl sites for hydroxylation is 1. The van der Waals surface area contributed by atoms with Crippen LogP contribution >= 0.6 is 0 Å². The summed E-state index contributed by atoms with van der Waals surface area (Å²) >= 11 is 0. The third-order valence-electron chi connectivity index (χ3n) is 4.84. The maximum Gasteiger partial charge on any atom is 0.224 e. The highest BCUT2D eigenvalue weighted by Gasteiger charge is 2.15. The maximum atomic E-state index is 12.2. The van der Waals surface area contributed by atoms with E-state index in [9.17, 15) is 9.59 Å². The van der Waals surface area contributed by atoms with Crippen LogP contribution in [0.1, 0.15) is 30.4 Å². The van der Waals surface area contributed by atoms with Gasteiger partial charge in [-0.05, 0) is 54.3 Å². The van der Waals surface area contributed by atoms with Crippen LogP contribution in [0.15, 0.2) is 55.1 Å². The average Bonchev–Trinajstić information content (AvgIpc) is 3.26. The van der Waals surface area contributed by atoms with Gasteiger partial charge in [-0.3, -0.25) is 9.59 Å². The van der Waals surface area contributed by atoms with Crippen molar-refractivity contribution in [1.82, 2.24) is 14.8 Å². The number of carbonyl (C=O) groups excluding carboxylic acids is 2. The number of anilines is 2. The van der Waals surface area contributed by atoms with Gasteiger partial charge >= 0.3 is 0 Å². The fourth-order valence-electron chi connectivity index (χ4n) is 3.29. The van der Waals surface area contributed by atoms with Crippen LogP contribution in [0.3, 0.4) is 0 Å². The monoisotopic (exact) mass is 405 g/mol. The van der Waals surface area contributed by atoms with Crippen LogP contribution in [0.25, 0.3) is 0 Å². The molecule has 0 atom stereocenters. The second-order valence-electron chi connectivity index (χ2n) is 7.16. The Hall–Kier alpha value is -3.68. The summed E-state index contributed by atoms with van der Waals surface area (Å²) in [6.45, 7) is 1.09. The molecule has 2 heterocycles. The third-order valence-corrected chi connectivity index (χ3v) is 4.84. The van der Waals surface area contributed by atoms with Gasteiger partial charge in [0.15, 0.2) is 0 Å². The number of hydrogen-bond acceptors (Lipinski definition) is 5. The Kier molecular flexibility index (Phi) is 6.03. The summed E-state index contributed by atoms with van der Waals surface area (Å²) in [5.41, 5.74) is 3.78. The topological polar surface area (TPSA) is 98.1 Å². The smallest absolute Gasteiger partial charge is 0.224 e. The first-order chi connectivity index (χ1) is 14.7. The minimum absolute atomic E-state index is 0.0456. The number of carbonyl (C=O) groups is 2. The summed E-state index contributed by atoms with van der Waals surface area (Å²) < 4.78 is 7.50. The molecule has 1 aliphatic heterocycles. The Morgan fingerprint density at radius 2 is 2.03 bits per heavy atom. The molecule has 0 bridgehead atoms. The second kappa shape index (κ2) is 9.21. The van der Waals surface area contributed by atoms with Crippen LogP contribution in [0, 0.1) is 0 Å². The molecule has 0 unspecified atom stereocenters. The molecule has 4 rings (SSSR count).